The van der Waals surface area contributed by atoms with Crippen molar-refractivity contribution in [3.63, 3.8) is 0 Å². The van der Waals surface area contributed by atoms with E-state index < -0.39 is 5.97 Å². The van der Waals surface area contributed by atoms with Gasteiger partial charge in [0.25, 0.3) is 0 Å². The standard InChI is InChI=1S/C12H14N4O2S/c1-8-5-16(12(14-8)19-7-11(17)18)6-10-3-4-13-9(2)15-10/h3-5H,6-7H2,1-2H3,(H,17,18). The van der Waals surface area contributed by atoms with E-state index in [2.05, 4.69) is 15.0 Å². The predicted molar refractivity (Wildman–Crippen MR) is 71.2 cm³/mol. The second kappa shape index (κ2) is 5.83. The van der Waals surface area contributed by atoms with Crippen LogP contribution >= 0.6 is 11.8 Å². The lowest BCUT2D eigenvalue weighted by molar-refractivity contribution is -0.133. The van der Waals surface area contributed by atoms with Crippen molar-refractivity contribution in [1.29, 1.82) is 0 Å². The van der Waals surface area contributed by atoms with Crippen molar-refractivity contribution in [2.24, 2.45) is 0 Å². The van der Waals surface area contributed by atoms with Gasteiger partial charge in [0.2, 0.25) is 0 Å². The molecule has 100 valence electrons. The molecule has 0 spiro atoms. The summed E-state index contributed by atoms with van der Waals surface area (Å²) in [5.41, 5.74) is 1.74. The molecule has 0 atom stereocenters. The third kappa shape index (κ3) is 3.78. The molecule has 2 aromatic rings. The van der Waals surface area contributed by atoms with E-state index >= 15 is 0 Å². The Morgan fingerprint density at radius 3 is 2.89 bits per heavy atom. The minimum Gasteiger partial charge on any atom is -0.481 e. The van der Waals surface area contributed by atoms with E-state index in [4.69, 9.17) is 5.11 Å². The summed E-state index contributed by atoms with van der Waals surface area (Å²) in [5.74, 6) is -0.136. The molecule has 0 saturated carbocycles. The fourth-order valence-corrected chi connectivity index (χ4v) is 2.39. The molecular weight excluding hydrogens is 264 g/mol. The van der Waals surface area contributed by atoms with E-state index in [1.165, 1.54) is 11.8 Å². The number of hydrogen-bond acceptors (Lipinski definition) is 5. The van der Waals surface area contributed by atoms with Gasteiger partial charge in [-0.05, 0) is 19.9 Å². The summed E-state index contributed by atoms with van der Waals surface area (Å²) in [6, 6.07) is 1.84. The largest absolute Gasteiger partial charge is 0.481 e. The molecule has 0 aliphatic carbocycles. The van der Waals surface area contributed by atoms with Crippen LogP contribution in [0.15, 0.2) is 23.6 Å². The number of rotatable bonds is 5. The first kappa shape index (κ1) is 13.5. The number of aliphatic carboxylic acids is 1. The summed E-state index contributed by atoms with van der Waals surface area (Å²) < 4.78 is 1.91. The molecule has 0 fully saturated rings. The van der Waals surface area contributed by atoms with Crippen LogP contribution in [-0.2, 0) is 11.3 Å². The normalized spacial score (nSPS) is 10.6. The van der Waals surface area contributed by atoms with Crippen LogP contribution in [0.25, 0.3) is 0 Å². The Hall–Kier alpha value is -1.89. The first-order chi connectivity index (χ1) is 9.04. The quantitative estimate of drug-likeness (QED) is 0.835. The Kier molecular flexibility index (Phi) is 4.16. The van der Waals surface area contributed by atoms with E-state index in [-0.39, 0.29) is 5.75 Å². The van der Waals surface area contributed by atoms with Gasteiger partial charge in [-0.3, -0.25) is 4.79 Å². The van der Waals surface area contributed by atoms with Crippen molar-refractivity contribution in [1.82, 2.24) is 19.5 Å². The average Bonchev–Trinajstić information content (AvgIpc) is 2.67. The van der Waals surface area contributed by atoms with Crippen molar-refractivity contribution >= 4 is 17.7 Å². The van der Waals surface area contributed by atoms with Crippen LogP contribution in [0.5, 0.6) is 0 Å². The molecule has 0 unspecified atom stereocenters. The Balaban J connectivity index is 2.17. The van der Waals surface area contributed by atoms with Gasteiger partial charge in [-0.2, -0.15) is 0 Å². The van der Waals surface area contributed by atoms with E-state index in [0.717, 1.165) is 11.4 Å². The Morgan fingerprint density at radius 1 is 1.42 bits per heavy atom. The highest BCUT2D eigenvalue weighted by Crippen LogP contribution is 2.18. The molecule has 1 N–H and O–H groups in total. The molecule has 2 rings (SSSR count). The summed E-state index contributed by atoms with van der Waals surface area (Å²) in [4.78, 5) is 23.3. The molecule has 0 saturated heterocycles. The van der Waals surface area contributed by atoms with Gasteiger partial charge in [-0.25, -0.2) is 15.0 Å². The molecule has 6 nitrogen and oxygen atoms in total. The minimum absolute atomic E-state index is 0.000739. The maximum absolute atomic E-state index is 10.6. The zero-order chi connectivity index (χ0) is 13.8. The first-order valence-electron chi connectivity index (χ1n) is 5.71. The molecule has 0 amide bonds. The van der Waals surface area contributed by atoms with Gasteiger partial charge in [0.15, 0.2) is 5.16 Å². The van der Waals surface area contributed by atoms with Crippen molar-refractivity contribution in [3.8, 4) is 0 Å². The Morgan fingerprint density at radius 2 is 2.21 bits per heavy atom. The molecule has 19 heavy (non-hydrogen) atoms. The van der Waals surface area contributed by atoms with Gasteiger partial charge in [0.1, 0.15) is 5.82 Å². The Bertz CT molecular complexity index is 597. The van der Waals surface area contributed by atoms with Gasteiger partial charge < -0.3 is 9.67 Å². The van der Waals surface area contributed by atoms with Crippen LogP contribution < -0.4 is 0 Å². The smallest absolute Gasteiger partial charge is 0.313 e. The monoisotopic (exact) mass is 278 g/mol. The maximum atomic E-state index is 10.6. The second-order valence-corrected chi connectivity index (χ2v) is 5.01. The fraction of sp³-hybridized carbons (Fsp3) is 0.333. The second-order valence-electron chi connectivity index (χ2n) is 4.07. The van der Waals surface area contributed by atoms with Gasteiger partial charge in [0, 0.05) is 12.4 Å². The van der Waals surface area contributed by atoms with Crippen LogP contribution in [0.4, 0.5) is 0 Å². The number of aromatic nitrogens is 4. The van der Waals surface area contributed by atoms with Crippen molar-refractivity contribution in [3.05, 3.63) is 35.7 Å². The van der Waals surface area contributed by atoms with Gasteiger partial charge in [0.05, 0.1) is 23.7 Å². The number of hydrogen-bond donors (Lipinski definition) is 1. The van der Waals surface area contributed by atoms with E-state index in [0.29, 0.717) is 17.5 Å². The number of aryl methyl sites for hydroxylation is 2. The molecule has 2 heterocycles. The SMILES string of the molecule is Cc1cn(Cc2ccnc(C)n2)c(SCC(=O)O)n1. The number of imidazole rings is 1. The minimum atomic E-state index is -0.852. The number of nitrogens with zero attached hydrogens (tertiary/aromatic N) is 4. The fourth-order valence-electron chi connectivity index (χ4n) is 1.65. The third-order valence-corrected chi connectivity index (χ3v) is 3.33. The van der Waals surface area contributed by atoms with Gasteiger partial charge in [-0.15, -0.1) is 0 Å². The van der Waals surface area contributed by atoms with Crippen LogP contribution in [0, 0.1) is 13.8 Å². The van der Waals surface area contributed by atoms with Crippen molar-refractivity contribution < 1.29 is 9.90 Å². The zero-order valence-electron chi connectivity index (χ0n) is 10.7. The summed E-state index contributed by atoms with van der Waals surface area (Å²) in [5, 5.41) is 9.41. The third-order valence-electron chi connectivity index (χ3n) is 2.35. The summed E-state index contributed by atoms with van der Waals surface area (Å²) in [7, 11) is 0. The lowest BCUT2D eigenvalue weighted by Gasteiger charge is -2.06. The van der Waals surface area contributed by atoms with Crippen LogP contribution in [-0.4, -0.2) is 36.3 Å². The molecule has 0 aliphatic heterocycles. The van der Waals surface area contributed by atoms with Gasteiger partial charge in [-0.1, -0.05) is 11.8 Å². The topological polar surface area (TPSA) is 80.9 Å². The van der Waals surface area contributed by atoms with Crippen LogP contribution in [0.2, 0.25) is 0 Å². The lowest BCUT2D eigenvalue weighted by atomic mass is 10.4. The molecular formula is C12H14N4O2S. The number of carbonyl (C=O) groups is 1. The van der Waals surface area contributed by atoms with E-state index in [1.54, 1.807) is 6.20 Å². The predicted octanol–water partition coefficient (Wildman–Crippen LogP) is 1.51. The van der Waals surface area contributed by atoms with E-state index in [9.17, 15) is 4.79 Å². The number of carboxylic acids is 1. The summed E-state index contributed by atoms with van der Waals surface area (Å²) in [6.07, 6.45) is 3.60. The molecule has 7 heteroatoms. The molecule has 2 aromatic heterocycles. The summed E-state index contributed by atoms with van der Waals surface area (Å²) in [6.45, 7) is 4.28. The highest BCUT2D eigenvalue weighted by molar-refractivity contribution is 7.99. The molecule has 0 aromatic carbocycles. The summed E-state index contributed by atoms with van der Waals surface area (Å²) >= 11 is 1.21. The van der Waals surface area contributed by atoms with Crippen molar-refractivity contribution in [2.75, 3.05) is 5.75 Å². The number of carboxylic acid groups (broad SMARTS) is 1. The molecule has 0 aliphatic rings. The van der Waals surface area contributed by atoms with Crippen molar-refractivity contribution in [2.45, 2.75) is 25.5 Å². The van der Waals surface area contributed by atoms with Crippen LogP contribution in [0.3, 0.4) is 0 Å². The van der Waals surface area contributed by atoms with Gasteiger partial charge >= 0.3 is 5.97 Å². The number of thioether (sulfide) groups is 1. The highest BCUT2D eigenvalue weighted by atomic mass is 32.2. The highest BCUT2D eigenvalue weighted by Gasteiger charge is 2.09. The molecule has 0 radical (unpaired) electrons. The lowest BCUT2D eigenvalue weighted by Crippen LogP contribution is -2.05. The average molecular weight is 278 g/mol. The maximum Gasteiger partial charge on any atom is 0.313 e. The zero-order valence-corrected chi connectivity index (χ0v) is 11.5. The molecule has 0 bridgehead atoms. The first-order valence-corrected chi connectivity index (χ1v) is 6.70. The van der Waals surface area contributed by atoms with Crippen LogP contribution in [0.1, 0.15) is 17.2 Å². The Labute approximate surface area is 114 Å². The van der Waals surface area contributed by atoms with E-state index in [1.807, 2.05) is 30.7 Å².